The van der Waals surface area contributed by atoms with Gasteiger partial charge in [-0.15, -0.1) is 0 Å². The highest BCUT2D eigenvalue weighted by Gasteiger charge is 2.03. The molecule has 2 rings (SSSR count). The van der Waals surface area contributed by atoms with E-state index in [0.717, 1.165) is 39.5 Å². The monoisotopic (exact) mass is 353 g/mol. The van der Waals surface area contributed by atoms with Crippen molar-refractivity contribution in [1.82, 2.24) is 0 Å². The molecule has 0 aromatic heterocycles. The van der Waals surface area contributed by atoms with Crippen LogP contribution < -0.4 is 10.1 Å². The largest absolute Gasteiger partial charge is 0.491 e. The van der Waals surface area contributed by atoms with Crippen molar-refractivity contribution in [3.05, 3.63) is 57.5 Å². The Kier molecular flexibility index (Phi) is 5.74. The molecule has 0 fully saturated rings. The third-order valence-corrected chi connectivity index (χ3v) is 4.05. The first-order chi connectivity index (χ1) is 9.70. The third kappa shape index (κ3) is 4.15. The molecule has 106 valence electrons. The van der Waals surface area contributed by atoms with Gasteiger partial charge in [0.1, 0.15) is 5.75 Å². The lowest BCUT2D eigenvalue weighted by atomic mass is 10.2. The lowest BCUT2D eigenvalue weighted by Gasteiger charge is -2.13. The normalized spacial score (nSPS) is 10.3. The van der Waals surface area contributed by atoms with Gasteiger partial charge in [0.05, 0.1) is 17.3 Å². The summed E-state index contributed by atoms with van der Waals surface area (Å²) in [4.78, 5) is 0. The zero-order valence-electron chi connectivity index (χ0n) is 11.3. The molecule has 0 saturated heterocycles. The van der Waals surface area contributed by atoms with E-state index in [-0.39, 0.29) is 0 Å². The molecule has 0 aliphatic rings. The minimum atomic E-state index is 0.708. The Balaban J connectivity index is 2.04. The second-order valence-electron chi connectivity index (χ2n) is 4.45. The quantitative estimate of drug-likeness (QED) is 0.739. The van der Waals surface area contributed by atoms with E-state index in [1.807, 2.05) is 42.5 Å². The highest BCUT2D eigenvalue weighted by molar-refractivity contribution is 9.10. The number of nitrogens with one attached hydrogen (secondary N) is 1. The molecule has 0 heterocycles. The summed E-state index contributed by atoms with van der Waals surface area (Å²) in [6.07, 6.45) is 0.997. The second kappa shape index (κ2) is 7.55. The fourth-order valence-electron chi connectivity index (χ4n) is 1.80. The van der Waals surface area contributed by atoms with Crippen molar-refractivity contribution in [1.29, 1.82) is 0 Å². The number of rotatable bonds is 6. The van der Waals surface area contributed by atoms with Crippen LogP contribution in [0, 0.1) is 0 Å². The van der Waals surface area contributed by atoms with Crippen LogP contribution in [0.1, 0.15) is 18.9 Å². The van der Waals surface area contributed by atoms with Crippen molar-refractivity contribution in [3.63, 3.8) is 0 Å². The third-order valence-electron chi connectivity index (χ3n) is 2.82. The van der Waals surface area contributed by atoms with Crippen molar-refractivity contribution >= 4 is 33.2 Å². The van der Waals surface area contributed by atoms with Gasteiger partial charge < -0.3 is 10.1 Å². The van der Waals surface area contributed by atoms with Crippen molar-refractivity contribution in [3.8, 4) is 5.75 Å². The molecule has 0 bridgehead atoms. The summed E-state index contributed by atoms with van der Waals surface area (Å²) in [5.74, 6) is 0.887. The molecule has 0 aliphatic heterocycles. The van der Waals surface area contributed by atoms with Gasteiger partial charge in [0.25, 0.3) is 0 Å². The average molecular weight is 355 g/mol. The highest BCUT2D eigenvalue weighted by Crippen LogP contribution is 2.26. The average Bonchev–Trinajstić information content (AvgIpc) is 2.47. The van der Waals surface area contributed by atoms with Crippen molar-refractivity contribution in [2.75, 3.05) is 11.9 Å². The SMILES string of the molecule is CCCOc1ccccc1NCc1ccc(Br)c(Cl)c1. The summed E-state index contributed by atoms with van der Waals surface area (Å²) in [5.41, 5.74) is 2.13. The van der Waals surface area contributed by atoms with Gasteiger partial charge in [0.2, 0.25) is 0 Å². The van der Waals surface area contributed by atoms with Gasteiger partial charge in [-0.3, -0.25) is 0 Å². The standard InChI is InChI=1S/C16H17BrClNO/c1-2-9-20-16-6-4-3-5-15(16)19-11-12-7-8-13(17)14(18)10-12/h3-8,10,19H,2,9,11H2,1H3. The number of hydrogen-bond acceptors (Lipinski definition) is 2. The van der Waals surface area contributed by atoms with Crippen LogP contribution in [0.4, 0.5) is 5.69 Å². The van der Waals surface area contributed by atoms with Crippen LogP contribution in [0.25, 0.3) is 0 Å². The number of halogens is 2. The molecule has 0 aliphatic carbocycles. The topological polar surface area (TPSA) is 21.3 Å². The van der Waals surface area contributed by atoms with Crippen LogP contribution in [-0.4, -0.2) is 6.61 Å². The maximum absolute atomic E-state index is 6.10. The molecule has 0 spiro atoms. The Hall–Kier alpha value is -1.19. The first-order valence-corrected chi connectivity index (χ1v) is 7.77. The van der Waals surface area contributed by atoms with E-state index < -0.39 is 0 Å². The number of para-hydroxylation sites is 2. The Morgan fingerprint density at radius 2 is 2.00 bits per heavy atom. The smallest absolute Gasteiger partial charge is 0.142 e. The van der Waals surface area contributed by atoms with Crippen LogP contribution >= 0.6 is 27.5 Å². The first kappa shape index (κ1) is 15.2. The molecular formula is C16H17BrClNO. The van der Waals surface area contributed by atoms with Gasteiger partial charge in [-0.1, -0.05) is 36.7 Å². The van der Waals surface area contributed by atoms with Gasteiger partial charge in [-0.2, -0.15) is 0 Å². The van der Waals surface area contributed by atoms with E-state index >= 15 is 0 Å². The zero-order chi connectivity index (χ0) is 14.4. The summed E-state index contributed by atoms with van der Waals surface area (Å²) in [7, 11) is 0. The Labute approximate surface area is 133 Å². The molecular weight excluding hydrogens is 338 g/mol. The predicted octanol–water partition coefficient (Wildman–Crippen LogP) is 5.50. The zero-order valence-corrected chi connectivity index (χ0v) is 13.7. The Morgan fingerprint density at radius 1 is 1.20 bits per heavy atom. The maximum atomic E-state index is 6.10. The summed E-state index contributed by atoms with van der Waals surface area (Å²) in [6.45, 7) is 3.53. The summed E-state index contributed by atoms with van der Waals surface area (Å²) in [5, 5.41) is 4.11. The van der Waals surface area contributed by atoms with E-state index in [0.29, 0.717) is 6.54 Å². The van der Waals surface area contributed by atoms with Crippen LogP contribution in [-0.2, 0) is 6.54 Å². The molecule has 0 unspecified atom stereocenters. The molecule has 0 radical (unpaired) electrons. The summed E-state index contributed by atoms with van der Waals surface area (Å²) in [6, 6.07) is 13.9. The molecule has 0 atom stereocenters. The molecule has 0 saturated carbocycles. The van der Waals surface area contributed by atoms with Crippen molar-refractivity contribution in [2.45, 2.75) is 19.9 Å². The summed E-state index contributed by atoms with van der Waals surface area (Å²) >= 11 is 9.49. The van der Waals surface area contributed by atoms with E-state index in [9.17, 15) is 0 Å². The molecule has 2 aromatic rings. The molecule has 20 heavy (non-hydrogen) atoms. The van der Waals surface area contributed by atoms with E-state index in [2.05, 4.69) is 28.2 Å². The van der Waals surface area contributed by atoms with Crippen molar-refractivity contribution < 1.29 is 4.74 Å². The second-order valence-corrected chi connectivity index (χ2v) is 5.71. The molecule has 0 amide bonds. The lowest BCUT2D eigenvalue weighted by molar-refractivity contribution is 0.319. The van der Waals surface area contributed by atoms with E-state index in [4.69, 9.17) is 16.3 Å². The predicted molar refractivity (Wildman–Crippen MR) is 88.7 cm³/mol. The first-order valence-electron chi connectivity index (χ1n) is 6.60. The van der Waals surface area contributed by atoms with Gasteiger partial charge in [-0.05, 0) is 52.2 Å². The fourth-order valence-corrected chi connectivity index (χ4v) is 2.25. The Morgan fingerprint density at radius 3 is 2.75 bits per heavy atom. The minimum Gasteiger partial charge on any atom is -0.491 e. The molecule has 4 heteroatoms. The number of benzene rings is 2. The molecule has 1 N–H and O–H groups in total. The number of hydrogen-bond donors (Lipinski definition) is 1. The number of ether oxygens (including phenoxy) is 1. The van der Waals surface area contributed by atoms with Crippen LogP contribution in [0.15, 0.2) is 46.9 Å². The van der Waals surface area contributed by atoms with Crippen LogP contribution in [0.3, 0.4) is 0 Å². The van der Waals surface area contributed by atoms with Gasteiger partial charge in [0.15, 0.2) is 0 Å². The van der Waals surface area contributed by atoms with Gasteiger partial charge in [0, 0.05) is 11.0 Å². The van der Waals surface area contributed by atoms with Crippen LogP contribution in [0.5, 0.6) is 5.75 Å². The fraction of sp³-hybridized carbons (Fsp3) is 0.250. The highest BCUT2D eigenvalue weighted by atomic mass is 79.9. The Bertz CT molecular complexity index is 574. The number of anilines is 1. The van der Waals surface area contributed by atoms with Gasteiger partial charge >= 0.3 is 0 Å². The van der Waals surface area contributed by atoms with Crippen LogP contribution in [0.2, 0.25) is 5.02 Å². The lowest BCUT2D eigenvalue weighted by Crippen LogP contribution is -2.03. The van der Waals surface area contributed by atoms with Gasteiger partial charge in [-0.25, -0.2) is 0 Å². The van der Waals surface area contributed by atoms with Crippen molar-refractivity contribution in [2.24, 2.45) is 0 Å². The summed E-state index contributed by atoms with van der Waals surface area (Å²) < 4.78 is 6.63. The maximum Gasteiger partial charge on any atom is 0.142 e. The molecule has 2 nitrogen and oxygen atoms in total. The minimum absolute atomic E-state index is 0.708. The van der Waals surface area contributed by atoms with E-state index in [1.54, 1.807) is 0 Å². The van der Waals surface area contributed by atoms with E-state index in [1.165, 1.54) is 0 Å². The molecule has 2 aromatic carbocycles.